The van der Waals surface area contributed by atoms with E-state index in [1.165, 1.54) is 40.7 Å². The van der Waals surface area contributed by atoms with E-state index < -0.39 is 31.5 Å². The third-order valence-corrected chi connectivity index (χ3v) is 12.1. The van der Waals surface area contributed by atoms with E-state index in [-0.39, 0.29) is 16.9 Å². The minimum Gasteiger partial charge on any atom is -0.490 e. The lowest BCUT2D eigenvalue weighted by Crippen LogP contribution is -2.66. The number of benzene rings is 4. The summed E-state index contributed by atoms with van der Waals surface area (Å²) in [6.07, 6.45) is 0.189. The van der Waals surface area contributed by atoms with Crippen LogP contribution in [0, 0.1) is 11.6 Å². The second-order valence-electron chi connectivity index (χ2n) is 10.9. The van der Waals surface area contributed by atoms with E-state index >= 15 is 0 Å². The van der Waals surface area contributed by atoms with Gasteiger partial charge in [0.05, 0.1) is 11.7 Å². The first kappa shape index (κ1) is 29.2. The number of carboxylic acids is 1. The summed E-state index contributed by atoms with van der Waals surface area (Å²) < 4.78 is 41.7. The standard InChI is InChI=1S/C33H34F2O4Si/c1-23(39-31-22-25(34)16-18-28(31)24-15-17-29(32(36)37)30(35)21-24)19-20-38-40(33(2,3)4,26-11-7-5-8-12-26)27-13-9-6-10-14-27/h5-18,21-23H,19-20H2,1-4H3,(H,36,37)/t23-/m1/s1. The lowest BCUT2D eigenvalue weighted by molar-refractivity contribution is 0.0692. The van der Waals surface area contributed by atoms with Crippen molar-refractivity contribution in [2.24, 2.45) is 0 Å². The molecule has 0 saturated heterocycles. The second kappa shape index (κ2) is 12.1. The molecule has 0 heterocycles. The van der Waals surface area contributed by atoms with Gasteiger partial charge in [-0.05, 0) is 52.2 Å². The summed E-state index contributed by atoms with van der Waals surface area (Å²) in [7, 11) is -2.71. The van der Waals surface area contributed by atoms with Gasteiger partial charge in [-0.3, -0.25) is 0 Å². The summed E-state index contributed by atoms with van der Waals surface area (Å²) in [6.45, 7) is 8.95. The Bertz CT molecular complexity index is 1410. The molecule has 0 bridgehead atoms. The van der Waals surface area contributed by atoms with Crippen LogP contribution in [0.1, 0.15) is 44.5 Å². The Labute approximate surface area is 235 Å². The van der Waals surface area contributed by atoms with Crippen LogP contribution < -0.4 is 15.1 Å². The average Bonchev–Trinajstić information content (AvgIpc) is 2.91. The SMILES string of the molecule is C[C@H](CCO[Si](c1ccccc1)(c1ccccc1)C(C)(C)C)Oc1cc(F)ccc1-c1ccc(C(=O)O)c(F)c1. The van der Waals surface area contributed by atoms with Gasteiger partial charge in [0, 0.05) is 24.7 Å². The molecule has 4 rings (SSSR count). The summed E-state index contributed by atoms with van der Waals surface area (Å²) in [5.41, 5.74) is 0.437. The van der Waals surface area contributed by atoms with Crippen molar-refractivity contribution in [1.29, 1.82) is 0 Å². The number of rotatable bonds is 10. The van der Waals surface area contributed by atoms with Gasteiger partial charge >= 0.3 is 5.97 Å². The Hall–Kier alpha value is -3.81. The highest BCUT2D eigenvalue weighted by Crippen LogP contribution is 2.37. The van der Waals surface area contributed by atoms with Crippen LogP contribution in [0.5, 0.6) is 5.75 Å². The maximum atomic E-state index is 14.4. The van der Waals surface area contributed by atoms with E-state index in [0.29, 0.717) is 24.2 Å². The van der Waals surface area contributed by atoms with Crippen LogP contribution in [0.25, 0.3) is 11.1 Å². The molecule has 1 N–H and O–H groups in total. The number of hydrogen-bond acceptors (Lipinski definition) is 3. The minimum absolute atomic E-state index is 0.165. The van der Waals surface area contributed by atoms with Crippen molar-refractivity contribution < 1.29 is 27.8 Å². The Balaban J connectivity index is 1.57. The monoisotopic (exact) mass is 560 g/mol. The highest BCUT2D eigenvalue weighted by molar-refractivity contribution is 6.99. The molecular formula is C33H34F2O4Si. The number of aromatic carboxylic acids is 1. The molecule has 0 aliphatic heterocycles. The topological polar surface area (TPSA) is 55.8 Å². The molecule has 0 spiro atoms. The zero-order valence-electron chi connectivity index (χ0n) is 23.2. The Kier molecular flexibility index (Phi) is 8.86. The Morgan fingerprint density at radius 2 is 1.48 bits per heavy atom. The van der Waals surface area contributed by atoms with Crippen LogP contribution in [0.4, 0.5) is 8.78 Å². The molecule has 0 aliphatic carbocycles. The highest BCUT2D eigenvalue weighted by Gasteiger charge is 2.50. The zero-order chi connectivity index (χ0) is 28.9. The molecule has 1 atom stereocenters. The van der Waals surface area contributed by atoms with Crippen molar-refractivity contribution in [3.05, 3.63) is 114 Å². The summed E-state index contributed by atoms with van der Waals surface area (Å²) in [4.78, 5) is 11.2. The average molecular weight is 561 g/mol. The lowest BCUT2D eigenvalue weighted by Gasteiger charge is -2.43. The summed E-state index contributed by atoms with van der Waals surface area (Å²) >= 11 is 0. The highest BCUT2D eigenvalue weighted by atomic mass is 28.4. The Morgan fingerprint density at radius 3 is 2.00 bits per heavy atom. The predicted octanol–water partition coefficient (Wildman–Crippen LogP) is 7.06. The number of ether oxygens (including phenoxy) is 1. The zero-order valence-corrected chi connectivity index (χ0v) is 24.2. The molecule has 0 radical (unpaired) electrons. The van der Waals surface area contributed by atoms with Gasteiger partial charge in [-0.1, -0.05) is 87.5 Å². The van der Waals surface area contributed by atoms with Crippen LogP contribution in [0.15, 0.2) is 97.1 Å². The largest absolute Gasteiger partial charge is 0.490 e. The maximum Gasteiger partial charge on any atom is 0.338 e. The van der Waals surface area contributed by atoms with E-state index in [2.05, 4.69) is 45.0 Å². The number of halogens is 2. The molecule has 40 heavy (non-hydrogen) atoms. The quantitative estimate of drug-likeness (QED) is 0.211. The first-order valence-corrected chi connectivity index (χ1v) is 15.2. The molecule has 7 heteroatoms. The van der Waals surface area contributed by atoms with Crippen molar-refractivity contribution >= 4 is 24.7 Å². The van der Waals surface area contributed by atoms with Crippen molar-refractivity contribution in [3.8, 4) is 16.9 Å². The fourth-order valence-electron chi connectivity index (χ4n) is 5.10. The van der Waals surface area contributed by atoms with E-state index in [4.69, 9.17) is 14.3 Å². The van der Waals surface area contributed by atoms with Crippen LogP contribution in [-0.4, -0.2) is 32.1 Å². The van der Waals surface area contributed by atoms with Gasteiger partial charge in [-0.2, -0.15) is 0 Å². The fraction of sp³-hybridized carbons (Fsp3) is 0.242. The number of carboxylic acid groups (broad SMARTS) is 1. The molecule has 4 nitrogen and oxygen atoms in total. The molecule has 0 aliphatic rings. The third-order valence-electron chi connectivity index (χ3n) is 7.04. The van der Waals surface area contributed by atoms with Crippen molar-refractivity contribution in [1.82, 2.24) is 0 Å². The minimum atomic E-state index is -2.71. The normalized spacial score (nSPS) is 12.7. The first-order valence-electron chi connectivity index (χ1n) is 13.3. The summed E-state index contributed by atoms with van der Waals surface area (Å²) in [5.74, 6) is -2.46. The Morgan fingerprint density at radius 1 is 0.875 bits per heavy atom. The summed E-state index contributed by atoms with van der Waals surface area (Å²) in [6, 6.07) is 28.6. The molecule has 0 amide bonds. The molecule has 0 fully saturated rings. The van der Waals surface area contributed by atoms with Gasteiger partial charge in [0.15, 0.2) is 0 Å². The molecule has 4 aromatic carbocycles. The third kappa shape index (κ3) is 6.16. The number of carbonyl (C=O) groups is 1. The van der Waals surface area contributed by atoms with Gasteiger partial charge < -0.3 is 14.3 Å². The molecule has 4 aromatic rings. The van der Waals surface area contributed by atoms with E-state index in [1.807, 2.05) is 43.3 Å². The van der Waals surface area contributed by atoms with Crippen molar-refractivity contribution in [3.63, 3.8) is 0 Å². The van der Waals surface area contributed by atoms with Gasteiger partial charge in [0.1, 0.15) is 17.4 Å². The van der Waals surface area contributed by atoms with E-state index in [0.717, 1.165) is 6.07 Å². The van der Waals surface area contributed by atoms with Crippen molar-refractivity contribution in [2.45, 2.75) is 45.3 Å². The first-order chi connectivity index (χ1) is 19.0. The van der Waals surface area contributed by atoms with Gasteiger partial charge in [0.25, 0.3) is 8.32 Å². The number of hydrogen-bond donors (Lipinski definition) is 1. The maximum absolute atomic E-state index is 14.4. The second-order valence-corrected chi connectivity index (χ2v) is 15.2. The van der Waals surface area contributed by atoms with Crippen molar-refractivity contribution in [2.75, 3.05) is 6.61 Å². The molecule has 208 valence electrons. The molecule has 0 aromatic heterocycles. The summed E-state index contributed by atoms with van der Waals surface area (Å²) in [5, 5.41) is 11.3. The predicted molar refractivity (Wildman–Crippen MR) is 157 cm³/mol. The van der Waals surface area contributed by atoms with Gasteiger partial charge in [0.2, 0.25) is 0 Å². The van der Waals surface area contributed by atoms with Crippen LogP contribution in [-0.2, 0) is 4.43 Å². The van der Waals surface area contributed by atoms with Crippen LogP contribution in [0.2, 0.25) is 5.04 Å². The lowest BCUT2D eigenvalue weighted by atomic mass is 10.0. The van der Waals surface area contributed by atoms with E-state index in [9.17, 15) is 13.6 Å². The molecular weight excluding hydrogens is 526 g/mol. The van der Waals surface area contributed by atoms with Crippen LogP contribution in [0.3, 0.4) is 0 Å². The van der Waals surface area contributed by atoms with Crippen LogP contribution >= 0.6 is 0 Å². The van der Waals surface area contributed by atoms with E-state index in [1.54, 1.807) is 0 Å². The smallest absolute Gasteiger partial charge is 0.338 e. The van der Waals surface area contributed by atoms with Gasteiger partial charge in [-0.25, -0.2) is 13.6 Å². The van der Waals surface area contributed by atoms with Gasteiger partial charge in [-0.15, -0.1) is 0 Å². The molecule has 0 saturated carbocycles. The fourth-order valence-corrected chi connectivity index (χ4v) is 9.68. The molecule has 0 unspecified atom stereocenters.